The fourth-order valence-corrected chi connectivity index (χ4v) is 21.2. The van der Waals surface area contributed by atoms with Crippen LogP contribution in [0.1, 0.15) is 56.2 Å². The molecule has 0 nitrogen and oxygen atoms in total. The molecule has 27 heavy (non-hydrogen) atoms. The molecule has 0 N–H and O–H groups in total. The predicted molar refractivity (Wildman–Crippen MR) is 105 cm³/mol. The Morgan fingerprint density at radius 1 is 0.704 bits per heavy atom. The summed E-state index contributed by atoms with van der Waals surface area (Å²) in [5.74, 6) is 0. The standard InChI is InChI=1S/2C11H11.C2H4.2ClH.Zr/c2*1-2-9-7-8-10-5-3-4-6-11(9)10;1-2;;;/h2*3-8H,2H2,1H3;1-2H2;2*1H;/q;;;;;+2/p-2. The largest absolute Gasteiger partial charge is 1.00 e. The molecule has 0 bridgehead atoms. The average molecular weight is 477 g/mol. The van der Waals surface area contributed by atoms with Crippen LogP contribution in [-0.4, -0.2) is 0 Å². The Morgan fingerprint density at radius 3 is 1.48 bits per heavy atom. The van der Waals surface area contributed by atoms with Gasteiger partial charge in [-0.3, -0.25) is 0 Å². The van der Waals surface area contributed by atoms with Crippen molar-refractivity contribution < 1.29 is 45.1 Å². The van der Waals surface area contributed by atoms with Crippen molar-refractivity contribution in [3.63, 3.8) is 0 Å². The van der Waals surface area contributed by atoms with E-state index in [1.165, 1.54) is 12.8 Å². The van der Waals surface area contributed by atoms with Crippen molar-refractivity contribution in [2.75, 3.05) is 0 Å². The van der Waals surface area contributed by atoms with E-state index >= 15 is 0 Å². The summed E-state index contributed by atoms with van der Waals surface area (Å²) in [6, 6.07) is 18.6. The quantitative estimate of drug-likeness (QED) is 0.620. The average Bonchev–Trinajstić information content (AvgIpc) is 3.24. The Hall–Kier alpha value is -0.617. The maximum Gasteiger partial charge on any atom is -1.00 e. The van der Waals surface area contributed by atoms with Crippen LogP contribution in [0, 0.1) is 0 Å². The molecule has 2 unspecified atom stereocenters. The molecule has 0 saturated carbocycles. The summed E-state index contributed by atoms with van der Waals surface area (Å²) in [4.78, 5) is 0. The first-order valence-corrected chi connectivity index (χ1v) is 16.2. The van der Waals surface area contributed by atoms with E-state index in [4.69, 9.17) is 0 Å². The summed E-state index contributed by atoms with van der Waals surface area (Å²) in [6.07, 6.45) is 7.75. The van der Waals surface area contributed by atoms with Gasteiger partial charge in [0.15, 0.2) is 0 Å². The van der Waals surface area contributed by atoms with Gasteiger partial charge in [-0.05, 0) is 0 Å². The van der Waals surface area contributed by atoms with Crippen molar-refractivity contribution in [2.24, 2.45) is 0 Å². The van der Waals surface area contributed by atoms with Crippen LogP contribution in [0.2, 0.25) is 8.26 Å². The van der Waals surface area contributed by atoms with E-state index in [2.05, 4.69) is 74.5 Å². The van der Waals surface area contributed by atoms with Crippen LogP contribution in [-0.2, 0) is 20.3 Å². The van der Waals surface area contributed by atoms with Crippen molar-refractivity contribution in [3.05, 3.63) is 82.9 Å². The summed E-state index contributed by atoms with van der Waals surface area (Å²) in [7, 11) is 0. The van der Waals surface area contributed by atoms with Crippen molar-refractivity contribution >= 4 is 11.1 Å². The van der Waals surface area contributed by atoms with E-state index in [0.717, 1.165) is 7.25 Å². The van der Waals surface area contributed by atoms with E-state index in [-0.39, 0.29) is 24.8 Å². The van der Waals surface area contributed by atoms with Gasteiger partial charge in [0.25, 0.3) is 0 Å². The summed E-state index contributed by atoms with van der Waals surface area (Å²) in [5, 5.41) is 0. The summed E-state index contributed by atoms with van der Waals surface area (Å²) in [6.45, 7) is 4.64. The first-order valence-electron chi connectivity index (χ1n) is 9.88. The smallest absolute Gasteiger partial charge is 1.00 e. The van der Waals surface area contributed by atoms with Gasteiger partial charge in [-0.25, -0.2) is 0 Å². The molecule has 0 radical (unpaired) electrons. The molecule has 5 rings (SSSR count). The van der Waals surface area contributed by atoms with Crippen molar-refractivity contribution in [3.8, 4) is 0 Å². The predicted octanol–water partition coefficient (Wildman–Crippen LogP) is 1.10. The number of benzene rings is 2. The summed E-state index contributed by atoms with van der Waals surface area (Å²) >= 11 is -2.26. The molecule has 2 aliphatic carbocycles. The van der Waals surface area contributed by atoms with Gasteiger partial charge in [0.2, 0.25) is 0 Å². The molecule has 0 amide bonds. The van der Waals surface area contributed by atoms with Crippen LogP contribution in [0.25, 0.3) is 11.1 Å². The minimum atomic E-state index is -2.26. The monoisotopic (exact) mass is 474 g/mol. The SMILES string of the molecule is CCC1=C[CH]([Zr+2]2([CH]3C=C(CC)c4ccccc43)[CH2][CH2]2)c2ccccc21.[Cl-].[Cl-]. The third-order valence-electron chi connectivity index (χ3n) is 6.85. The second kappa shape index (κ2) is 8.02. The van der Waals surface area contributed by atoms with Crippen LogP contribution < -0.4 is 24.8 Å². The molecular formula is C24H26Cl2Zr. The molecule has 3 heteroatoms. The van der Waals surface area contributed by atoms with E-state index < -0.39 is 20.3 Å². The van der Waals surface area contributed by atoms with E-state index in [1.807, 2.05) is 0 Å². The minimum Gasteiger partial charge on any atom is -1.00 e. The Morgan fingerprint density at radius 2 is 1.11 bits per heavy atom. The zero-order chi connectivity index (χ0) is 17.0. The number of hydrogen-bond donors (Lipinski definition) is 0. The molecule has 140 valence electrons. The number of allylic oxidation sites excluding steroid dienone is 4. The Kier molecular flexibility index (Phi) is 6.27. The molecule has 2 aromatic carbocycles. The fraction of sp³-hybridized carbons (Fsp3) is 0.333. The zero-order valence-corrected chi connectivity index (χ0v) is 20.0. The molecule has 0 spiro atoms. The number of hydrogen-bond acceptors (Lipinski definition) is 0. The first kappa shape index (κ1) is 21.1. The zero-order valence-electron chi connectivity index (χ0n) is 16.0. The van der Waals surface area contributed by atoms with E-state index in [1.54, 1.807) is 41.7 Å². The topological polar surface area (TPSA) is 0 Å². The van der Waals surface area contributed by atoms with Crippen LogP contribution in [0.15, 0.2) is 60.7 Å². The Balaban J connectivity index is 0.00000105. The van der Waals surface area contributed by atoms with Gasteiger partial charge in [0, 0.05) is 0 Å². The number of halogens is 2. The third-order valence-corrected chi connectivity index (χ3v) is 19.4. The van der Waals surface area contributed by atoms with Gasteiger partial charge in [0.1, 0.15) is 0 Å². The Labute approximate surface area is 180 Å². The normalized spacial score (nSPS) is 22.1. The first-order chi connectivity index (χ1) is 12.3. The molecule has 0 aromatic heterocycles. The molecule has 3 aliphatic rings. The van der Waals surface area contributed by atoms with Crippen LogP contribution in [0.3, 0.4) is 0 Å². The van der Waals surface area contributed by atoms with E-state index in [0.29, 0.717) is 0 Å². The molecule has 2 aromatic rings. The van der Waals surface area contributed by atoms with Gasteiger partial charge in [-0.15, -0.1) is 0 Å². The molecule has 2 atom stereocenters. The molecule has 1 saturated heterocycles. The molecule has 1 aliphatic heterocycles. The fourth-order valence-electron chi connectivity index (χ4n) is 5.41. The Bertz CT molecular complexity index is 837. The van der Waals surface area contributed by atoms with Crippen molar-refractivity contribution in [1.82, 2.24) is 0 Å². The molecule has 1 fully saturated rings. The van der Waals surface area contributed by atoms with Gasteiger partial charge >= 0.3 is 157 Å². The second-order valence-corrected chi connectivity index (χ2v) is 19.5. The van der Waals surface area contributed by atoms with Gasteiger partial charge in [-0.1, -0.05) is 0 Å². The number of rotatable bonds is 4. The van der Waals surface area contributed by atoms with Crippen molar-refractivity contribution in [2.45, 2.75) is 42.2 Å². The van der Waals surface area contributed by atoms with Crippen LogP contribution in [0.4, 0.5) is 0 Å². The van der Waals surface area contributed by atoms with Crippen molar-refractivity contribution in [1.29, 1.82) is 0 Å². The number of fused-ring (bicyclic) bond motifs is 2. The van der Waals surface area contributed by atoms with Gasteiger partial charge < -0.3 is 24.8 Å². The minimum absolute atomic E-state index is 0. The third kappa shape index (κ3) is 3.15. The van der Waals surface area contributed by atoms with E-state index in [9.17, 15) is 0 Å². The van der Waals surface area contributed by atoms with Crippen LogP contribution in [0.5, 0.6) is 0 Å². The molecular weight excluding hydrogens is 450 g/mol. The summed E-state index contributed by atoms with van der Waals surface area (Å²) < 4.78 is 4.72. The van der Waals surface area contributed by atoms with Gasteiger partial charge in [0.05, 0.1) is 0 Å². The maximum atomic E-state index is 2.70. The second-order valence-electron chi connectivity index (χ2n) is 7.95. The van der Waals surface area contributed by atoms with Crippen LogP contribution >= 0.6 is 0 Å². The summed E-state index contributed by atoms with van der Waals surface area (Å²) in [5.41, 5.74) is 9.67. The van der Waals surface area contributed by atoms with Gasteiger partial charge in [-0.2, -0.15) is 0 Å². The molecule has 1 heterocycles. The maximum absolute atomic E-state index is 2.70.